The van der Waals surface area contributed by atoms with Crippen LogP contribution >= 0.6 is 23.1 Å². The van der Waals surface area contributed by atoms with Crippen LogP contribution in [0, 0.1) is 0 Å². The molecule has 1 aromatic rings. The van der Waals surface area contributed by atoms with Crippen LogP contribution in [0.5, 0.6) is 0 Å². The van der Waals surface area contributed by atoms with Crippen molar-refractivity contribution in [3.05, 3.63) is 28.6 Å². The number of thioether (sulfide) groups is 1. The number of carbonyl (C=O) groups is 2. The van der Waals surface area contributed by atoms with E-state index in [1.165, 1.54) is 7.11 Å². The Hall–Kier alpha value is -1.27. The number of ether oxygens (including phenoxy) is 1. The lowest BCUT2D eigenvalue weighted by Crippen LogP contribution is -2.14. The first kappa shape index (κ1) is 12.8. The molecule has 1 aromatic heterocycles. The standard InChI is InChI=1S/C10H11NO3S2/c1-14-9(12)7-16-10(13)11-4-2-8-3-5-15-6-8/h2-6H,7H2,1H3,(H,11,13). The fourth-order valence-electron chi connectivity index (χ4n) is 0.801. The van der Waals surface area contributed by atoms with Crippen LogP contribution in [-0.2, 0) is 9.53 Å². The zero-order chi connectivity index (χ0) is 11.8. The Morgan fingerprint density at radius 2 is 2.44 bits per heavy atom. The van der Waals surface area contributed by atoms with Crippen molar-refractivity contribution in [3.63, 3.8) is 0 Å². The number of rotatable bonds is 4. The van der Waals surface area contributed by atoms with Crippen molar-refractivity contribution in [1.82, 2.24) is 5.32 Å². The summed E-state index contributed by atoms with van der Waals surface area (Å²) in [6, 6.07) is 1.94. The van der Waals surface area contributed by atoms with Crippen LogP contribution in [-0.4, -0.2) is 24.1 Å². The molecule has 86 valence electrons. The van der Waals surface area contributed by atoms with Gasteiger partial charge in [0, 0.05) is 6.20 Å². The molecular weight excluding hydrogens is 246 g/mol. The van der Waals surface area contributed by atoms with Crippen molar-refractivity contribution in [2.45, 2.75) is 0 Å². The van der Waals surface area contributed by atoms with Crippen molar-refractivity contribution < 1.29 is 14.3 Å². The molecule has 0 aliphatic carbocycles. The molecule has 6 heteroatoms. The quantitative estimate of drug-likeness (QED) is 0.841. The molecule has 0 aromatic carbocycles. The van der Waals surface area contributed by atoms with Gasteiger partial charge in [-0.25, -0.2) is 0 Å². The van der Waals surface area contributed by atoms with Crippen LogP contribution in [0.3, 0.4) is 0 Å². The maximum atomic E-state index is 11.2. The second-order valence-corrected chi connectivity index (χ2v) is 4.41. The summed E-state index contributed by atoms with van der Waals surface area (Å²) in [4.78, 5) is 21.9. The van der Waals surface area contributed by atoms with Gasteiger partial charge in [0.1, 0.15) is 5.75 Å². The first-order chi connectivity index (χ1) is 7.72. The molecule has 1 heterocycles. The molecule has 1 amide bonds. The molecule has 0 spiro atoms. The van der Waals surface area contributed by atoms with Gasteiger partial charge in [-0.15, -0.1) is 0 Å². The summed E-state index contributed by atoms with van der Waals surface area (Å²) in [5, 5.41) is 6.17. The number of amides is 1. The number of esters is 1. The highest BCUT2D eigenvalue weighted by atomic mass is 32.2. The highest BCUT2D eigenvalue weighted by molar-refractivity contribution is 8.14. The molecule has 16 heavy (non-hydrogen) atoms. The van der Waals surface area contributed by atoms with E-state index < -0.39 is 5.97 Å². The smallest absolute Gasteiger partial charge is 0.316 e. The van der Waals surface area contributed by atoms with Gasteiger partial charge < -0.3 is 10.1 Å². The Bertz CT molecular complexity index is 373. The lowest BCUT2D eigenvalue weighted by molar-refractivity contribution is -0.137. The van der Waals surface area contributed by atoms with Gasteiger partial charge in [0.05, 0.1) is 7.11 Å². The number of hydrogen-bond donors (Lipinski definition) is 1. The topological polar surface area (TPSA) is 55.4 Å². The van der Waals surface area contributed by atoms with Crippen LogP contribution in [0.15, 0.2) is 23.0 Å². The average molecular weight is 257 g/mol. The minimum Gasteiger partial charge on any atom is -0.468 e. The fraction of sp³-hybridized carbons (Fsp3) is 0.200. The first-order valence-electron chi connectivity index (χ1n) is 4.41. The van der Waals surface area contributed by atoms with Gasteiger partial charge in [0.2, 0.25) is 0 Å². The van der Waals surface area contributed by atoms with Gasteiger partial charge in [-0.05, 0) is 28.5 Å². The highest BCUT2D eigenvalue weighted by Gasteiger charge is 2.05. The predicted molar refractivity (Wildman–Crippen MR) is 66.4 cm³/mol. The number of methoxy groups -OCH3 is 1. The summed E-state index contributed by atoms with van der Waals surface area (Å²) in [7, 11) is 1.29. The van der Waals surface area contributed by atoms with Gasteiger partial charge in [-0.1, -0.05) is 11.8 Å². The van der Waals surface area contributed by atoms with E-state index in [2.05, 4.69) is 10.1 Å². The van der Waals surface area contributed by atoms with Crippen molar-refractivity contribution in [2.24, 2.45) is 0 Å². The van der Waals surface area contributed by atoms with Crippen molar-refractivity contribution in [1.29, 1.82) is 0 Å². The third kappa shape index (κ3) is 4.99. The summed E-state index contributed by atoms with van der Waals surface area (Å²) >= 11 is 2.46. The highest BCUT2D eigenvalue weighted by Crippen LogP contribution is 2.07. The number of carbonyl (C=O) groups excluding carboxylic acids is 2. The summed E-state index contributed by atoms with van der Waals surface area (Å²) in [5.74, 6) is -0.392. The Balaban J connectivity index is 2.22. The third-order valence-corrected chi connectivity index (χ3v) is 3.03. The second kappa shape index (κ2) is 7.08. The monoisotopic (exact) mass is 257 g/mol. The lowest BCUT2D eigenvalue weighted by Gasteiger charge is -1.98. The number of hydrogen-bond acceptors (Lipinski definition) is 5. The predicted octanol–water partition coefficient (Wildman–Crippen LogP) is 2.33. The second-order valence-electron chi connectivity index (χ2n) is 2.69. The summed E-state index contributed by atoms with van der Waals surface area (Å²) in [5.41, 5.74) is 1.03. The lowest BCUT2D eigenvalue weighted by atomic mass is 10.3. The van der Waals surface area contributed by atoms with Crippen LogP contribution in [0.2, 0.25) is 0 Å². The van der Waals surface area contributed by atoms with E-state index in [4.69, 9.17) is 0 Å². The Morgan fingerprint density at radius 3 is 3.06 bits per heavy atom. The minimum atomic E-state index is -0.415. The zero-order valence-corrected chi connectivity index (χ0v) is 10.3. The van der Waals surface area contributed by atoms with Crippen molar-refractivity contribution >= 4 is 40.4 Å². The van der Waals surface area contributed by atoms with Crippen molar-refractivity contribution in [2.75, 3.05) is 12.9 Å². The normalized spacial score (nSPS) is 10.3. The van der Waals surface area contributed by atoms with E-state index in [0.717, 1.165) is 17.3 Å². The maximum Gasteiger partial charge on any atom is 0.316 e. The summed E-state index contributed by atoms with van der Waals surface area (Å²) < 4.78 is 4.41. The summed E-state index contributed by atoms with van der Waals surface area (Å²) in [6.45, 7) is 0. The van der Waals surface area contributed by atoms with E-state index in [9.17, 15) is 9.59 Å². The first-order valence-corrected chi connectivity index (χ1v) is 6.34. The molecule has 0 fully saturated rings. The molecule has 0 aliphatic heterocycles. The van der Waals surface area contributed by atoms with Crippen LogP contribution < -0.4 is 5.32 Å². The Labute approximate surface area is 102 Å². The SMILES string of the molecule is COC(=O)CSC(=O)NC=Cc1ccsc1. The number of nitrogens with one attached hydrogen (secondary N) is 1. The molecule has 0 unspecified atom stereocenters. The summed E-state index contributed by atoms with van der Waals surface area (Å²) in [6.07, 6.45) is 3.34. The molecule has 0 atom stereocenters. The molecule has 1 rings (SSSR count). The van der Waals surface area contributed by atoms with Gasteiger partial charge in [-0.3, -0.25) is 9.59 Å². The number of thiophene rings is 1. The molecule has 0 saturated carbocycles. The molecule has 1 N–H and O–H groups in total. The van der Waals surface area contributed by atoms with Crippen LogP contribution in [0.25, 0.3) is 6.08 Å². The average Bonchev–Trinajstić information content (AvgIpc) is 2.79. The van der Waals surface area contributed by atoms with E-state index in [1.54, 1.807) is 23.6 Å². The van der Waals surface area contributed by atoms with E-state index in [-0.39, 0.29) is 11.0 Å². The van der Waals surface area contributed by atoms with Gasteiger partial charge in [0.25, 0.3) is 5.24 Å². The molecule has 0 aliphatic rings. The maximum absolute atomic E-state index is 11.2. The Morgan fingerprint density at radius 1 is 1.62 bits per heavy atom. The zero-order valence-electron chi connectivity index (χ0n) is 8.64. The van der Waals surface area contributed by atoms with Crippen LogP contribution in [0.1, 0.15) is 5.56 Å². The van der Waals surface area contributed by atoms with Gasteiger partial charge in [-0.2, -0.15) is 11.3 Å². The molecule has 0 radical (unpaired) electrons. The fourth-order valence-corrected chi connectivity index (χ4v) is 1.95. The molecule has 0 bridgehead atoms. The van der Waals surface area contributed by atoms with E-state index >= 15 is 0 Å². The van der Waals surface area contributed by atoms with E-state index in [0.29, 0.717) is 0 Å². The minimum absolute atomic E-state index is 0.0224. The third-order valence-electron chi connectivity index (χ3n) is 1.57. The van der Waals surface area contributed by atoms with Crippen LogP contribution in [0.4, 0.5) is 4.79 Å². The largest absolute Gasteiger partial charge is 0.468 e. The van der Waals surface area contributed by atoms with Crippen molar-refractivity contribution in [3.8, 4) is 0 Å². The van der Waals surface area contributed by atoms with Gasteiger partial charge in [0.15, 0.2) is 0 Å². The Kier molecular flexibility index (Phi) is 5.66. The van der Waals surface area contributed by atoms with Gasteiger partial charge >= 0.3 is 5.97 Å². The molecular formula is C10H11NO3S2. The van der Waals surface area contributed by atoms with E-state index in [1.807, 2.05) is 16.8 Å². The molecule has 4 nitrogen and oxygen atoms in total. The molecule has 0 saturated heterocycles.